The fourth-order valence-corrected chi connectivity index (χ4v) is 4.35. The number of carbonyl (C=O) groups is 2. The van der Waals surface area contributed by atoms with Gasteiger partial charge >= 0.3 is 0 Å². The topological polar surface area (TPSA) is 80.1 Å². The maximum atomic E-state index is 13.1. The minimum Gasteiger partial charge on any atom is -0.351 e. The summed E-state index contributed by atoms with van der Waals surface area (Å²) in [6.07, 6.45) is 5.09. The van der Waals surface area contributed by atoms with E-state index in [9.17, 15) is 9.59 Å². The molecular weight excluding hydrogens is 342 g/mol. The van der Waals surface area contributed by atoms with Crippen LogP contribution in [0.25, 0.3) is 0 Å². The third-order valence-corrected chi connectivity index (χ3v) is 5.62. The van der Waals surface area contributed by atoms with Crippen molar-refractivity contribution >= 4 is 11.8 Å². The Balaban J connectivity index is 1.60. The van der Waals surface area contributed by atoms with E-state index >= 15 is 0 Å². The summed E-state index contributed by atoms with van der Waals surface area (Å²) in [4.78, 5) is 27.3. The number of benzene rings is 1. The summed E-state index contributed by atoms with van der Waals surface area (Å²) in [7, 11) is 0. The van der Waals surface area contributed by atoms with E-state index in [0.29, 0.717) is 13.0 Å². The Morgan fingerprint density at radius 1 is 1.26 bits per heavy atom. The van der Waals surface area contributed by atoms with Crippen molar-refractivity contribution in [2.24, 2.45) is 0 Å². The highest BCUT2D eigenvalue weighted by Crippen LogP contribution is 2.35. The largest absolute Gasteiger partial charge is 0.351 e. The van der Waals surface area contributed by atoms with E-state index in [0.717, 1.165) is 25.0 Å². The second-order valence-corrected chi connectivity index (χ2v) is 7.53. The van der Waals surface area contributed by atoms with Crippen molar-refractivity contribution in [1.29, 1.82) is 0 Å². The van der Waals surface area contributed by atoms with Crippen LogP contribution in [0, 0.1) is 6.92 Å². The molecule has 7 nitrogen and oxygen atoms in total. The second-order valence-electron chi connectivity index (χ2n) is 7.53. The van der Waals surface area contributed by atoms with E-state index < -0.39 is 0 Å². The van der Waals surface area contributed by atoms with Crippen LogP contribution in [-0.2, 0) is 16.1 Å². The van der Waals surface area contributed by atoms with Crippen LogP contribution in [0.2, 0.25) is 0 Å². The van der Waals surface area contributed by atoms with Crippen molar-refractivity contribution in [3.05, 3.63) is 47.8 Å². The van der Waals surface area contributed by atoms with Crippen LogP contribution in [0.4, 0.5) is 0 Å². The van der Waals surface area contributed by atoms with Crippen molar-refractivity contribution in [2.45, 2.75) is 57.2 Å². The van der Waals surface area contributed by atoms with Gasteiger partial charge in [-0.3, -0.25) is 9.59 Å². The van der Waals surface area contributed by atoms with Crippen LogP contribution in [0.15, 0.2) is 36.5 Å². The lowest BCUT2D eigenvalue weighted by molar-refractivity contribution is -0.134. The number of amides is 2. The SMILES string of the molecule is Cc1cn(CC(=O)N2C[C@@H](c3ccccc3)[C@@H]3NC(=O)CCCC[C@H]32)nn1. The van der Waals surface area contributed by atoms with Crippen LogP contribution in [-0.4, -0.2) is 50.3 Å². The van der Waals surface area contributed by atoms with Crippen LogP contribution < -0.4 is 5.32 Å². The molecule has 1 N–H and O–H groups in total. The summed E-state index contributed by atoms with van der Waals surface area (Å²) in [5.74, 6) is 0.231. The Morgan fingerprint density at radius 3 is 2.81 bits per heavy atom. The summed E-state index contributed by atoms with van der Waals surface area (Å²) in [5.41, 5.74) is 1.96. The minimum absolute atomic E-state index is 0.0246. The average molecular weight is 367 g/mol. The van der Waals surface area contributed by atoms with Gasteiger partial charge in [-0.1, -0.05) is 42.0 Å². The molecule has 3 heterocycles. The first-order valence-corrected chi connectivity index (χ1v) is 9.62. The lowest BCUT2D eigenvalue weighted by Crippen LogP contribution is -2.49. The zero-order valence-electron chi connectivity index (χ0n) is 15.5. The summed E-state index contributed by atoms with van der Waals surface area (Å²) in [5, 5.41) is 11.2. The van der Waals surface area contributed by atoms with Gasteiger partial charge in [0.15, 0.2) is 0 Å². The summed E-state index contributed by atoms with van der Waals surface area (Å²) in [6.45, 7) is 2.65. The molecule has 7 heteroatoms. The molecule has 0 radical (unpaired) electrons. The highest BCUT2D eigenvalue weighted by molar-refractivity contribution is 5.79. The predicted molar refractivity (Wildman–Crippen MR) is 99.8 cm³/mol. The van der Waals surface area contributed by atoms with E-state index in [1.54, 1.807) is 10.9 Å². The van der Waals surface area contributed by atoms with Crippen molar-refractivity contribution in [1.82, 2.24) is 25.2 Å². The first-order valence-electron chi connectivity index (χ1n) is 9.62. The number of carbonyl (C=O) groups excluding carboxylic acids is 2. The fraction of sp³-hybridized carbons (Fsp3) is 0.500. The normalized spacial score (nSPS) is 25.4. The van der Waals surface area contributed by atoms with Gasteiger partial charge in [-0.05, 0) is 25.3 Å². The smallest absolute Gasteiger partial charge is 0.244 e. The number of likely N-dealkylation sites (tertiary alicyclic amines) is 1. The van der Waals surface area contributed by atoms with Gasteiger partial charge in [0.05, 0.1) is 17.8 Å². The Hall–Kier alpha value is -2.70. The number of fused-ring (bicyclic) bond motifs is 1. The molecule has 3 atom stereocenters. The molecule has 2 aliphatic heterocycles. The lowest BCUT2D eigenvalue weighted by atomic mass is 9.88. The highest BCUT2D eigenvalue weighted by Gasteiger charge is 2.45. The lowest BCUT2D eigenvalue weighted by Gasteiger charge is -2.31. The standard InChI is InChI=1S/C20H25N5O2/c1-14-11-24(23-22-14)13-19(27)25-12-16(15-7-3-2-4-8-15)20-17(25)9-5-6-10-18(26)21-20/h2-4,7-8,11,16-17,20H,5-6,9-10,12-13H2,1H3,(H,21,26)/t16-,17+,20-/m0/s1. The van der Waals surface area contributed by atoms with E-state index in [4.69, 9.17) is 0 Å². The van der Waals surface area contributed by atoms with Gasteiger partial charge in [0.1, 0.15) is 6.54 Å². The molecule has 0 saturated carbocycles. The molecule has 2 amide bonds. The van der Waals surface area contributed by atoms with Gasteiger partial charge in [-0.2, -0.15) is 0 Å². The Morgan fingerprint density at radius 2 is 2.07 bits per heavy atom. The van der Waals surface area contributed by atoms with Crippen LogP contribution >= 0.6 is 0 Å². The van der Waals surface area contributed by atoms with E-state index in [-0.39, 0.29) is 36.4 Å². The van der Waals surface area contributed by atoms with E-state index in [2.05, 4.69) is 27.8 Å². The fourth-order valence-electron chi connectivity index (χ4n) is 4.35. The van der Waals surface area contributed by atoms with Gasteiger partial charge in [0.2, 0.25) is 11.8 Å². The number of aryl methyl sites for hydroxylation is 1. The zero-order chi connectivity index (χ0) is 18.8. The van der Waals surface area contributed by atoms with Gasteiger partial charge in [-0.15, -0.1) is 5.10 Å². The number of aromatic nitrogens is 3. The van der Waals surface area contributed by atoms with Gasteiger partial charge < -0.3 is 10.2 Å². The van der Waals surface area contributed by atoms with Crippen molar-refractivity contribution < 1.29 is 9.59 Å². The molecule has 1 aromatic heterocycles. The summed E-state index contributed by atoms with van der Waals surface area (Å²) >= 11 is 0. The molecule has 142 valence electrons. The number of nitrogens with one attached hydrogen (secondary N) is 1. The van der Waals surface area contributed by atoms with Gasteiger partial charge in [0, 0.05) is 25.1 Å². The predicted octanol–water partition coefficient (Wildman–Crippen LogP) is 1.64. The monoisotopic (exact) mass is 367 g/mol. The van der Waals surface area contributed by atoms with E-state index in [1.165, 1.54) is 5.56 Å². The zero-order valence-corrected chi connectivity index (χ0v) is 15.5. The van der Waals surface area contributed by atoms with Crippen molar-refractivity contribution in [2.75, 3.05) is 6.54 Å². The molecule has 0 bridgehead atoms. The summed E-state index contributed by atoms with van der Waals surface area (Å²) in [6, 6.07) is 10.2. The molecule has 4 rings (SSSR count). The molecule has 2 aromatic rings. The summed E-state index contributed by atoms with van der Waals surface area (Å²) < 4.78 is 1.59. The second kappa shape index (κ2) is 7.50. The number of nitrogens with zero attached hydrogens (tertiary/aromatic N) is 4. The third-order valence-electron chi connectivity index (χ3n) is 5.62. The first-order chi connectivity index (χ1) is 13.1. The molecule has 1 aromatic carbocycles. The third kappa shape index (κ3) is 3.72. The van der Waals surface area contributed by atoms with Crippen LogP contribution in [0.1, 0.15) is 42.9 Å². The quantitative estimate of drug-likeness (QED) is 0.894. The molecule has 27 heavy (non-hydrogen) atoms. The van der Waals surface area contributed by atoms with E-state index in [1.807, 2.05) is 30.0 Å². The van der Waals surface area contributed by atoms with Gasteiger partial charge in [-0.25, -0.2) is 4.68 Å². The van der Waals surface area contributed by atoms with Crippen LogP contribution in [0.5, 0.6) is 0 Å². The molecule has 2 fully saturated rings. The Labute approximate surface area is 158 Å². The number of hydrogen-bond acceptors (Lipinski definition) is 4. The number of rotatable bonds is 3. The highest BCUT2D eigenvalue weighted by atomic mass is 16.2. The Kier molecular flexibility index (Phi) is 4.92. The molecular formula is C20H25N5O2. The number of hydrogen-bond donors (Lipinski definition) is 1. The average Bonchev–Trinajstić information content (AvgIpc) is 3.21. The Bertz CT molecular complexity index is 819. The van der Waals surface area contributed by atoms with Crippen LogP contribution in [0.3, 0.4) is 0 Å². The molecule has 0 spiro atoms. The van der Waals surface area contributed by atoms with Crippen molar-refractivity contribution in [3.63, 3.8) is 0 Å². The maximum absolute atomic E-state index is 13.1. The molecule has 2 saturated heterocycles. The molecule has 0 aliphatic carbocycles. The van der Waals surface area contributed by atoms with Gasteiger partial charge in [0.25, 0.3) is 0 Å². The molecule has 0 unspecified atom stereocenters. The van der Waals surface area contributed by atoms with Crippen molar-refractivity contribution in [3.8, 4) is 0 Å². The molecule has 2 aliphatic rings. The minimum atomic E-state index is -0.0402. The maximum Gasteiger partial charge on any atom is 0.244 e. The first kappa shape index (κ1) is 17.7.